The van der Waals surface area contributed by atoms with Crippen LogP contribution in [-0.2, 0) is 16.1 Å². The Hall–Kier alpha value is -0.810. The van der Waals surface area contributed by atoms with Gasteiger partial charge in [-0.3, -0.25) is 9.69 Å². The third-order valence-corrected chi connectivity index (χ3v) is 5.89. The van der Waals surface area contributed by atoms with Gasteiger partial charge in [-0.05, 0) is 48.4 Å². The van der Waals surface area contributed by atoms with Crippen molar-refractivity contribution in [2.45, 2.75) is 38.5 Å². The van der Waals surface area contributed by atoms with Crippen molar-refractivity contribution < 1.29 is 9.53 Å². The molecule has 6 heteroatoms. The average molecular weight is 371 g/mol. The van der Waals surface area contributed by atoms with Crippen LogP contribution in [0.25, 0.3) is 0 Å². The van der Waals surface area contributed by atoms with E-state index in [1.807, 2.05) is 18.2 Å². The lowest BCUT2D eigenvalue weighted by Crippen LogP contribution is -2.49. The fourth-order valence-corrected chi connectivity index (χ4v) is 4.59. The largest absolute Gasteiger partial charge is 0.379 e. The first-order chi connectivity index (χ1) is 11.5. The zero-order chi connectivity index (χ0) is 17.3. The third-order valence-electron chi connectivity index (χ3n) is 5.29. The minimum Gasteiger partial charge on any atom is -0.379 e. The van der Waals surface area contributed by atoms with Crippen molar-refractivity contribution in [3.8, 4) is 0 Å². The van der Waals surface area contributed by atoms with Gasteiger partial charge in [0.15, 0.2) is 0 Å². The number of amides is 1. The van der Waals surface area contributed by atoms with E-state index in [0.717, 1.165) is 48.1 Å². The smallest absolute Gasteiger partial charge is 0.217 e. The number of hydrogen-bond donors (Lipinski definition) is 1. The van der Waals surface area contributed by atoms with E-state index in [4.69, 9.17) is 27.9 Å². The number of fused-ring (bicyclic) bond motifs is 1. The highest BCUT2D eigenvalue weighted by Crippen LogP contribution is 2.38. The standard InChI is InChI=1S/C18H24Cl2N2O2/c1-11(23)21-17-6-12-8-22(9-13(12)7-18(17)24-2)10-14-5-15(19)3-4-16(14)20/h3-5,12-13,17-18H,6-10H2,1-2H3,(H,21,23)/t12-,13+,17-,18-/m1/s1. The number of carbonyl (C=O) groups excluding carboxylic acids is 1. The van der Waals surface area contributed by atoms with Crippen LogP contribution in [0.3, 0.4) is 0 Å². The molecule has 2 aliphatic rings. The van der Waals surface area contributed by atoms with E-state index in [-0.39, 0.29) is 18.1 Å². The second-order valence-electron chi connectivity index (χ2n) is 7.00. The predicted molar refractivity (Wildman–Crippen MR) is 96.4 cm³/mol. The van der Waals surface area contributed by atoms with E-state index in [1.54, 1.807) is 14.0 Å². The topological polar surface area (TPSA) is 41.6 Å². The zero-order valence-electron chi connectivity index (χ0n) is 14.1. The number of hydrogen-bond acceptors (Lipinski definition) is 3. The van der Waals surface area contributed by atoms with Crippen LogP contribution in [0.2, 0.25) is 10.0 Å². The molecule has 1 amide bonds. The molecular weight excluding hydrogens is 347 g/mol. The maximum Gasteiger partial charge on any atom is 0.217 e. The van der Waals surface area contributed by atoms with Crippen LogP contribution in [0, 0.1) is 11.8 Å². The van der Waals surface area contributed by atoms with Gasteiger partial charge in [-0.25, -0.2) is 0 Å². The van der Waals surface area contributed by atoms with E-state index < -0.39 is 0 Å². The summed E-state index contributed by atoms with van der Waals surface area (Å²) in [4.78, 5) is 13.9. The quantitative estimate of drug-likeness (QED) is 0.883. The van der Waals surface area contributed by atoms with Crippen LogP contribution in [0.5, 0.6) is 0 Å². The van der Waals surface area contributed by atoms with Gasteiger partial charge in [0.1, 0.15) is 0 Å². The molecule has 0 unspecified atom stereocenters. The lowest BCUT2D eigenvalue weighted by molar-refractivity contribution is -0.121. The maximum atomic E-state index is 11.4. The molecule has 0 bridgehead atoms. The van der Waals surface area contributed by atoms with Crippen LogP contribution in [0.15, 0.2) is 18.2 Å². The first-order valence-corrected chi connectivity index (χ1v) is 9.18. The summed E-state index contributed by atoms with van der Waals surface area (Å²) in [7, 11) is 1.73. The predicted octanol–water partition coefficient (Wildman–Crippen LogP) is 3.35. The van der Waals surface area contributed by atoms with Crippen molar-refractivity contribution in [1.82, 2.24) is 10.2 Å². The highest BCUT2D eigenvalue weighted by molar-refractivity contribution is 6.33. The highest BCUT2D eigenvalue weighted by atomic mass is 35.5. The van der Waals surface area contributed by atoms with Crippen LogP contribution in [0.1, 0.15) is 25.3 Å². The molecule has 3 rings (SSSR count). The SMILES string of the molecule is CO[C@@H]1C[C@H]2CN(Cc3cc(Cl)ccc3Cl)C[C@H]2C[C@H]1NC(C)=O. The van der Waals surface area contributed by atoms with Gasteiger partial charge in [-0.15, -0.1) is 0 Å². The second-order valence-corrected chi connectivity index (χ2v) is 7.85. The molecule has 4 nitrogen and oxygen atoms in total. The number of benzene rings is 1. The first kappa shape index (κ1) is 18.0. The number of nitrogens with zero attached hydrogens (tertiary/aromatic N) is 1. The van der Waals surface area contributed by atoms with Crippen molar-refractivity contribution >= 4 is 29.1 Å². The van der Waals surface area contributed by atoms with Crippen molar-refractivity contribution in [3.05, 3.63) is 33.8 Å². The van der Waals surface area contributed by atoms with Crippen LogP contribution >= 0.6 is 23.2 Å². The molecule has 1 N–H and O–H groups in total. The molecule has 1 saturated carbocycles. The fraction of sp³-hybridized carbons (Fsp3) is 0.611. The molecule has 132 valence electrons. The Bertz CT molecular complexity index is 611. The zero-order valence-corrected chi connectivity index (χ0v) is 15.6. The number of ether oxygens (including phenoxy) is 1. The van der Waals surface area contributed by atoms with E-state index in [2.05, 4.69) is 10.2 Å². The summed E-state index contributed by atoms with van der Waals surface area (Å²) in [5.41, 5.74) is 1.07. The average Bonchev–Trinajstić information content (AvgIpc) is 2.90. The minimum absolute atomic E-state index is 0.0149. The lowest BCUT2D eigenvalue weighted by Gasteiger charge is -2.37. The van der Waals surface area contributed by atoms with Gasteiger partial charge in [-0.1, -0.05) is 23.2 Å². The molecule has 2 fully saturated rings. The van der Waals surface area contributed by atoms with Gasteiger partial charge in [0.25, 0.3) is 0 Å². The Morgan fingerprint density at radius 3 is 2.67 bits per heavy atom. The van der Waals surface area contributed by atoms with Crippen molar-refractivity contribution in [2.75, 3.05) is 20.2 Å². The summed E-state index contributed by atoms with van der Waals surface area (Å²) in [6.45, 7) is 4.45. The molecule has 1 aliphatic carbocycles. The molecular formula is C18H24Cl2N2O2. The highest BCUT2D eigenvalue weighted by Gasteiger charge is 2.42. The Balaban J connectivity index is 1.65. The monoisotopic (exact) mass is 370 g/mol. The molecule has 1 heterocycles. The fourth-order valence-electron chi connectivity index (χ4n) is 4.22. The van der Waals surface area contributed by atoms with Crippen molar-refractivity contribution in [3.63, 3.8) is 0 Å². The maximum absolute atomic E-state index is 11.4. The molecule has 1 saturated heterocycles. The van der Waals surface area contributed by atoms with Crippen LogP contribution in [0.4, 0.5) is 0 Å². The molecule has 0 aromatic heterocycles. The van der Waals surface area contributed by atoms with Crippen molar-refractivity contribution in [2.24, 2.45) is 11.8 Å². The van der Waals surface area contributed by atoms with E-state index in [9.17, 15) is 4.79 Å². The summed E-state index contributed by atoms with van der Waals surface area (Å²) in [6.07, 6.45) is 2.07. The Kier molecular flexibility index (Phi) is 5.70. The third kappa shape index (κ3) is 4.05. The number of methoxy groups -OCH3 is 1. The first-order valence-electron chi connectivity index (χ1n) is 8.42. The molecule has 1 aromatic carbocycles. The molecule has 1 aromatic rings. The van der Waals surface area contributed by atoms with Gasteiger partial charge in [0.05, 0.1) is 12.1 Å². The minimum atomic E-state index is 0.0149. The van der Waals surface area contributed by atoms with E-state index in [0.29, 0.717) is 11.8 Å². The molecule has 24 heavy (non-hydrogen) atoms. The Morgan fingerprint density at radius 2 is 2.00 bits per heavy atom. The Morgan fingerprint density at radius 1 is 1.29 bits per heavy atom. The summed E-state index contributed by atoms with van der Waals surface area (Å²) in [6, 6.07) is 5.74. The summed E-state index contributed by atoms with van der Waals surface area (Å²) < 4.78 is 5.63. The second kappa shape index (κ2) is 7.61. The summed E-state index contributed by atoms with van der Waals surface area (Å²) >= 11 is 12.4. The Labute approximate surface area is 153 Å². The van der Waals surface area contributed by atoms with E-state index in [1.165, 1.54) is 0 Å². The number of nitrogens with one attached hydrogen (secondary N) is 1. The number of halogens is 2. The van der Waals surface area contributed by atoms with Crippen LogP contribution in [-0.4, -0.2) is 43.2 Å². The van der Waals surface area contributed by atoms with Gasteiger partial charge in [0, 0.05) is 43.7 Å². The molecule has 0 radical (unpaired) electrons. The van der Waals surface area contributed by atoms with Gasteiger partial charge in [0.2, 0.25) is 5.91 Å². The van der Waals surface area contributed by atoms with Gasteiger partial charge in [-0.2, -0.15) is 0 Å². The number of likely N-dealkylation sites (tertiary alicyclic amines) is 1. The lowest BCUT2D eigenvalue weighted by atomic mass is 9.77. The van der Waals surface area contributed by atoms with Crippen molar-refractivity contribution in [1.29, 1.82) is 0 Å². The normalized spacial score (nSPS) is 30.2. The van der Waals surface area contributed by atoms with Gasteiger partial charge >= 0.3 is 0 Å². The molecule has 0 spiro atoms. The summed E-state index contributed by atoms with van der Waals surface area (Å²) in [5.74, 6) is 1.21. The molecule has 1 aliphatic heterocycles. The molecule has 4 atom stereocenters. The van der Waals surface area contributed by atoms with Gasteiger partial charge < -0.3 is 10.1 Å². The number of carbonyl (C=O) groups is 1. The number of rotatable bonds is 4. The summed E-state index contributed by atoms with van der Waals surface area (Å²) in [5, 5.41) is 4.54. The van der Waals surface area contributed by atoms with E-state index >= 15 is 0 Å². The van der Waals surface area contributed by atoms with Crippen LogP contribution < -0.4 is 5.32 Å².